The van der Waals surface area contributed by atoms with E-state index in [4.69, 9.17) is 19.7 Å². The van der Waals surface area contributed by atoms with Crippen molar-refractivity contribution in [1.82, 2.24) is 0 Å². The summed E-state index contributed by atoms with van der Waals surface area (Å²) in [5, 5.41) is 19.7. The van der Waals surface area contributed by atoms with Gasteiger partial charge in [0.05, 0.1) is 32.0 Å². The number of aliphatic hydroxyl groups excluding tert-OH is 2. The predicted molar refractivity (Wildman–Crippen MR) is 182 cm³/mol. The van der Waals surface area contributed by atoms with Gasteiger partial charge in [-0.25, -0.2) is 4.79 Å². The van der Waals surface area contributed by atoms with E-state index in [0.717, 1.165) is 32.1 Å². The molecule has 1 unspecified atom stereocenters. The van der Waals surface area contributed by atoms with E-state index in [9.17, 15) is 9.59 Å². The van der Waals surface area contributed by atoms with E-state index in [2.05, 4.69) is 80.7 Å². The molecule has 45 heavy (non-hydrogen) atoms. The van der Waals surface area contributed by atoms with E-state index >= 15 is 0 Å². The quantitative estimate of drug-likeness (QED) is 0.0793. The van der Waals surface area contributed by atoms with Crippen molar-refractivity contribution in [2.24, 2.45) is 11.8 Å². The summed E-state index contributed by atoms with van der Waals surface area (Å²) >= 11 is 0. The SMILES string of the molecule is C=C(C=O)CO.C=C(CO)C(=O)OCC(COC)C1CCC(c2ccc(-c3ccc4cc(CCCCC)ccc4c3)cc2)CC1. The van der Waals surface area contributed by atoms with Gasteiger partial charge >= 0.3 is 5.97 Å². The number of methoxy groups -OCH3 is 1. The lowest BCUT2D eigenvalue weighted by atomic mass is 9.74. The van der Waals surface area contributed by atoms with Gasteiger partial charge in [-0.05, 0) is 89.5 Å². The molecule has 0 aromatic heterocycles. The molecule has 1 fully saturated rings. The molecule has 6 nitrogen and oxygen atoms in total. The van der Waals surface area contributed by atoms with Crippen LogP contribution in [-0.4, -0.2) is 56.0 Å². The number of carbonyl (C=O) groups is 2. The van der Waals surface area contributed by atoms with Crippen LogP contribution in [0.1, 0.15) is 68.9 Å². The number of aldehydes is 1. The lowest BCUT2D eigenvalue weighted by Gasteiger charge is -2.33. The van der Waals surface area contributed by atoms with E-state index in [0.29, 0.717) is 31.3 Å². The second kappa shape index (κ2) is 19.1. The summed E-state index contributed by atoms with van der Waals surface area (Å²) < 4.78 is 10.8. The number of benzene rings is 3. The molecule has 0 amide bonds. The molecule has 1 aliphatic carbocycles. The Hall–Kier alpha value is -3.58. The summed E-state index contributed by atoms with van der Waals surface area (Å²) in [5.74, 6) is 0.651. The van der Waals surface area contributed by atoms with Crippen molar-refractivity contribution >= 4 is 23.0 Å². The highest BCUT2D eigenvalue weighted by Crippen LogP contribution is 2.39. The largest absolute Gasteiger partial charge is 0.462 e. The number of unbranched alkanes of at least 4 members (excludes halogenated alkanes) is 2. The fourth-order valence-corrected chi connectivity index (χ4v) is 6.00. The number of hydrogen-bond donors (Lipinski definition) is 2. The van der Waals surface area contributed by atoms with Gasteiger partial charge in [0.2, 0.25) is 0 Å². The molecule has 6 heteroatoms. The second-order valence-electron chi connectivity index (χ2n) is 12.1. The van der Waals surface area contributed by atoms with E-state index in [1.807, 2.05) is 0 Å². The Morgan fingerprint density at radius 2 is 1.56 bits per heavy atom. The molecule has 0 aliphatic heterocycles. The number of ether oxygens (including phenoxy) is 2. The fourth-order valence-electron chi connectivity index (χ4n) is 6.00. The van der Waals surface area contributed by atoms with Gasteiger partial charge in [-0.15, -0.1) is 0 Å². The molecule has 3 aromatic carbocycles. The fraction of sp³-hybridized carbons (Fsp3) is 0.436. The van der Waals surface area contributed by atoms with Crippen molar-refractivity contribution in [3.05, 3.63) is 96.1 Å². The smallest absolute Gasteiger partial charge is 0.335 e. The van der Waals surface area contributed by atoms with Crippen molar-refractivity contribution < 1.29 is 29.3 Å². The molecule has 3 aromatic rings. The van der Waals surface area contributed by atoms with Crippen molar-refractivity contribution in [3.8, 4) is 11.1 Å². The summed E-state index contributed by atoms with van der Waals surface area (Å²) in [6.45, 7) is 9.24. The standard InChI is InChI=1S/C35H44O4.C4H6O2/c1-4-5-6-7-26-8-9-33-21-32(19-18-31(33)20-26)29-14-10-27(11-15-29)28-12-16-30(17-13-28)34(23-38-3)24-39-35(37)25(2)22-36;1-4(2-5)3-6/h8-11,14-15,18-21,28,30,34,36H,2,4-7,12-13,16-17,22-24H2,1,3H3;2,6H,1,3H2. The molecular weight excluding hydrogens is 564 g/mol. The zero-order valence-corrected chi connectivity index (χ0v) is 27.0. The van der Waals surface area contributed by atoms with Gasteiger partial charge in [-0.2, -0.15) is 0 Å². The van der Waals surface area contributed by atoms with E-state index in [1.165, 1.54) is 52.3 Å². The van der Waals surface area contributed by atoms with Crippen molar-refractivity contribution in [3.63, 3.8) is 0 Å². The summed E-state index contributed by atoms with van der Waals surface area (Å²) in [5.41, 5.74) is 5.67. The average Bonchev–Trinajstić information content (AvgIpc) is 3.09. The van der Waals surface area contributed by atoms with Gasteiger partial charge in [-0.1, -0.05) is 87.5 Å². The van der Waals surface area contributed by atoms with E-state index in [-0.39, 0.29) is 30.3 Å². The molecule has 0 saturated heterocycles. The minimum Gasteiger partial charge on any atom is -0.462 e. The first-order valence-corrected chi connectivity index (χ1v) is 16.1. The Kier molecular flexibility index (Phi) is 15.2. The highest BCUT2D eigenvalue weighted by Gasteiger charge is 2.29. The number of esters is 1. The third kappa shape index (κ3) is 11.1. The van der Waals surface area contributed by atoms with Crippen LogP contribution in [0.3, 0.4) is 0 Å². The zero-order chi connectivity index (χ0) is 32.6. The van der Waals surface area contributed by atoms with Crippen LogP contribution in [-0.2, 0) is 25.5 Å². The minimum atomic E-state index is -0.522. The lowest BCUT2D eigenvalue weighted by Crippen LogP contribution is -2.29. The average molecular weight is 615 g/mol. The first-order chi connectivity index (χ1) is 21.8. The molecule has 0 bridgehead atoms. The minimum absolute atomic E-state index is 0.0916. The first kappa shape index (κ1) is 35.9. The number of hydrogen-bond acceptors (Lipinski definition) is 6. The molecule has 0 spiro atoms. The first-order valence-electron chi connectivity index (χ1n) is 16.1. The Morgan fingerprint density at radius 1 is 0.889 bits per heavy atom. The number of aliphatic hydroxyl groups is 2. The third-order valence-electron chi connectivity index (χ3n) is 8.79. The molecule has 1 atom stereocenters. The highest BCUT2D eigenvalue weighted by atomic mass is 16.5. The van der Waals surface area contributed by atoms with Crippen molar-refractivity contribution in [2.45, 2.75) is 64.2 Å². The van der Waals surface area contributed by atoms with Crippen LogP contribution in [0, 0.1) is 11.8 Å². The molecule has 0 radical (unpaired) electrons. The monoisotopic (exact) mass is 614 g/mol. The van der Waals surface area contributed by atoms with Crippen LogP contribution in [0.25, 0.3) is 21.9 Å². The molecule has 242 valence electrons. The topological polar surface area (TPSA) is 93.1 Å². The van der Waals surface area contributed by atoms with E-state index in [1.54, 1.807) is 7.11 Å². The number of carbonyl (C=O) groups excluding carboxylic acids is 2. The molecule has 2 N–H and O–H groups in total. The normalized spacial score (nSPS) is 16.7. The number of fused-ring (bicyclic) bond motifs is 1. The summed E-state index contributed by atoms with van der Waals surface area (Å²) in [7, 11) is 1.69. The summed E-state index contributed by atoms with van der Waals surface area (Å²) in [4.78, 5) is 21.4. The highest BCUT2D eigenvalue weighted by molar-refractivity contribution is 5.88. The number of rotatable bonds is 15. The van der Waals surface area contributed by atoms with E-state index < -0.39 is 5.97 Å². The van der Waals surface area contributed by atoms with Crippen molar-refractivity contribution in [1.29, 1.82) is 0 Å². The Labute approximate surface area is 268 Å². The summed E-state index contributed by atoms with van der Waals surface area (Å²) in [6.07, 6.45) is 9.93. The maximum absolute atomic E-state index is 11.9. The Balaban J connectivity index is 0.000000838. The van der Waals surface area contributed by atoms with Crippen LogP contribution in [0.4, 0.5) is 0 Å². The van der Waals surface area contributed by atoms with Crippen LogP contribution >= 0.6 is 0 Å². The second-order valence-corrected chi connectivity index (χ2v) is 12.1. The van der Waals surface area contributed by atoms with Gasteiger partial charge in [0.25, 0.3) is 0 Å². The van der Waals surface area contributed by atoms with Crippen LogP contribution in [0.15, 0.2) is 85.0 Å². The maximum Gasteiger partial charge on any atom is 0.335 e. The van der Waals surface area contributed by atoms with Gasteiger partial charge in [0, 0.05) is 18.6 Å². The van der Waals surface area contributed by atoms with Crippen LogP contribution in [0.2, 0.25) is 0 Å². The van der Waals surface area contributed by atoms with Gasteiger partial charge < -0.3 is 19.7 Å². The Bertz CT molecular complexity index is 1380. The lowest BCUT2D eigenvalue weighted by molar-refractivity contribution is -0.142. The predicted octanol–water partition coefficient (Wildman–Crippen LogP) is 7.60. The summed E-state index contributed by atoms with van der Waals surface area (Å²) in [6, 6.07) is 22.9. The van der Waals surface area contributed by atoms with Gasteiger partial charge in [0.1, 0.15) is 6.29 Å². The maximum atomic E-state index is 11.9. The molecule has 1 aliphatic rings. The molecular formula is C39H50O6. The molecule has 1 saturated carbocycles. The van der Waals surface area contributed by atoms with Gasteiger partial charge in [0.15, 0.2) is 0 Å². The Morgan fingerprint density at radius 3 is 2.16 bits per heavy atom. The van der Waals surface area contributed by atoms with Crippen LogP contribution in [0.5, 0.6) is 0 Å². The number of aryl methyl sites for hydroxylation is 1. The van der Waals surface area contributed by atoms with Crippen LogP contribution < -0.4 is 0 Å². The molecule has 4 rings (SSSR count). The zero-order valence-electron chi connectivity index (χ0n) is 27.0. The molecule has 0 heterocycles. The van der Waals surface area contributed by atoms with Gasteiger partial charge in [-0.3, -0.25) is 4.79 Å². The third-order valence-corrected chi connectivity index (χ3v) is 8.79. The van der Waals surface area contributed by atoms with Crippen molar-refractivity contribution in [2.75, 3.05) is 33.5 Å².